The van der Waals surface area contributed by atoms with Crippen molar-refractivity contribution < 1.29 is 13.9 Å². The van der Waals surface area contributed by atoms with Crippen molar-refractivity contribution in [1.82, 2.24) is 15.6 Å². The van der Waals surface area contributed by atoms with Gasteiger partial charge in [-0.2, -0.15) is 0 Å². The average Bonchev–Trinajstić information content (AvgIpc) is 2.89. The summed E-state index contributed by atoms with van der Waals surface area (Å²) in [6.45, 7) is 1.88. The molecule has 22 heavy (non-hydrogen) atoms. The number of amides is 2. The van der Waals surface area contributed by atoms with Crippen LogP contribution in [0.4, 0.5) is 9.18 Å². The van der Waals surface area contributed by atoms with E-state index in [1.165, 1.54) is 12.5 Å². The average molecular weight is 307 g/mol. The summed E-state index contributed by atoms with van der Waals surface area (Å²) in [6.07, 6.45) is 6.56. The minimum Gasteiger partial charge on any atom is -0.381 e. The zero-order valence-electron chi connectivity index (χ0n) is 12.6. The number of nitrogens with one attached hydrogen (secondary N) is 2. The number of hydrogen-bond donors (Lipinski definition) is 2. The molecule has 1 aromatic rings. The quantitative estimate of drug-likeness (QED) is 0.901. The molecule has 0 radical (unpaired) electrons. The third-order valence-electron chi connectivity index (χ3n) is 4.92. The standard InChI is InChI=1S/C16H22FN3O2/c17-12-3-4-13(18-10-12)11-19-15(21)20-14-2-1-5-16(14)6-8-22-9-7-16/h3-4,10,14H,1-2,5-9,11H2,(H2,19,20,21). The van der Waals surface area contributed by atoms with Gasteiger partial charge in [0.25, 0.3) is 0 Å². The van der Waals surface area contributed by atoms with Crippen LogP contribution in [-0.2, 0) is 11.3 Å². The molecule has 2 heterocycles. The molecule has 1 spiro atoms. The van der Waals surface area contributed by atoms with E-state index in [2.05, 4.69) is 15.6 Å². The predicted octanol–water partition coefficient (Wildman–Crippen LogP) is 2.37. The number of rotatable bonds is 3. The Labute approximate surface area is 129 Å². The van der Waals surface area contributed by atoms with Crippen LogP contribution in [0.2, 0.25) is 0 Å². The van der Waals surface area contributed by atoms with Gasteiger partial charge in [0, 0.05) is 19.3 Å². The van der Waals surface area contributed by atoms with Gasteiger partial charge in [0.05, 0.1) is 18.4 Å². The molecule has 1 atom stereocenters. The summed E-state index contributed by atoms with van der Waals surface area (Å²) in [5.74, 6) is -0.374. The third-order valence-corrected chi connectivity index (χ3v) is 4.92. The predicted molar refractivity (Wildman–Crippen MR) is 79.7 cm³/mol. The molecule has 1 saturated carbocycles. The minimum absolute atomic E-state index is 0.177. The fourth-order valence-electron chi connectivity index (χ4n) is 3.63. The first-order valence-corrected chi connectivity index (χ1v) is 7.90. The van der Waals surface area contributed by atoms with Crippen molar-refractivity contribution in [3.63, 3.8) is 0 Å². The van der Waals surface area contributed by atoms with Crippen LogP contribution in [0.3, 0.4) is 0 Å². The number of aromatic nitrogens is 1. The van der Waals surface area contributed by atoms with Crippen LogP contribution in [-0.4, -0.2) is 30.3 Å². The summed E-state index contributed by atoms with van der Waals surface area (Å²) < 4.78 is 18.2. The van der Waals surface area contributed by atoms with E-state index in [1.807, 2.05) is 0 Å². The van der Waals surface area contributed by atoms with Crippen LogP contribution in [0, 0.1) is 11.2 Å². The number of halogens is 1. The maximum Gasteiger partial charge on any atom is 0.315 e. The molecule has 2 fully saturated rings. The lowest BCUT2D eigenvalue weighted by Crippen LogP contribution is -2.50. The van der Waals surface area contributed by atoms with Crippen molar-refractivity contribution in [2.45, 2.75) is 44.7 Å². The van der Waals surface area contributed by atoms with E-state index in [9.17, 15) is 9.18 Å². The molecule has 2 aliphatic rings. The van der Waals surface area contributed by atoms with Gasteiger partial charge in [0.2, 0.25) is 0 Å². The number of carbonyl (C=O) groups excluding carboxylic acids is 1. The molecular weight excluding hydrogens is 285 g/mol. The van der Waals surface area contributed by atoms with Gasteiger partial charge < -0.3 is 15.4 Å². The van der Waals surface area contributed by atoms with Crippen molar-refractivity contribution in [1.29, 1.82) is 0 Å². The van der Waals surface area contributed by atoms with E-state index in [4.69, 9.17) is 4.74 Å². The molecule has 2 N–H and O–H groups in total. The Hall–Kier alpha value is -1.69. The molecule has 0 aromatic carbocycles. The topological polar surface area (TPSA) is 63.2 Å². The van der Waals surface area contributed by atoms with E-state index in [-0.39, 0.29) is 23.3 Å². The molecule has 1 aromatic heterocycles. The normalized spacial score (nSPS) is 23.4. The number of carbonyl (C=O) groups is 1. The maximum absolute atomic E-state index is 12.8. The molecule has 6 heteroatoms. The molecule has 120 valence electrons. The highest BCUT2D eigenvalue weighted by molar-refractivity contribution is 5.74. The van der Waals surface area contributed by atoms with Crippen LogP contribution in [0.15, 0.2) is 18.3 Å². The molecule has 1 saturated heterocycles. The molecule has 2 amide bonds. The van der Waals surface area contributed by atoms with Crippen molar-refractivity contribution in [3.8, 4) is 0 Å². The summed E-state index contributed by atoms with van der Waals surface area (Å²) >= 11 is 0. The van der Waals surface area contributed by atoms with Gasteiger partial charge in [-0.25, -0.2) is 9.18 Å². The van der Waals surface area contributed by atoms with Crippen LogP contribution >= 0.6 is 0 Å². The monoisotopic (exact) mass is 307 g/mol. The van der Waals surface area contributed by atoms with Gasteiger partial charge in [-0.3, -0.25) is 4.98 Å². The third kappa shape index (κ3) is 3.38. The first-order valence-electron chi connectivity index (χ1n) is 7.90. The highest BCUT2D eigenvalue weighted by Gasteiger charge is 2.44. The Morgan fingerprint density at radius 1 is 1.36 bits per heavy atom. The second-order valence-electron chi connectivity index (χ2n) is 6.21. The summed E-state index contributed by atoms with van der Waals surface area (Å²) in [5.41, 5.74) is 0.854. The highest BCUT2D eigenvalue weighted by atomic mass is 19.1. The van der Waals surface area contributed by atoms with E-state index in [1.54, 1.807) is 6.07 Å². The largest absolute Gasteiger partial charge is 0.381 e. The summed E-state index contributed by atoms with van der Waals surface area (Å²) in [7, 11) is 0. The molecule has 5 nitrogen and oxygen atoms in total. The summed E-state index contributed by atoms with van der Waals surface area (Å²) in [6, 6.07) is 2.96. The van der Waals surface area contributed by atoms with Crippen molar-refractivity contribution >= 4 is 6.03 Å². The van der Waals surface area contributed by atoms with Crippen molar-refractivity contribution in [2.24, 2.45) is 5.41 Å². The summed E-state index contributed by atoms with van der Waals surface area (Å²) in [5, 5.41) is 5.91. The molecule has 1 unspecified atom stereocenters. The highest BCUT2D eigenvalue weighted by Crippen LogP contribution is 2.45. The van der Waals surface area contributed by atoms with E-state index >= 15 is 0 Å². The Kier molecular flexibility index (Phi) is 4.57. The Bertz CT molecular complexity index is 515. The van der Waals surface area contributed by atoms with Gasteiger partial charge in [0.15, 0.2) is 0 Å². The van der Waals surface area contributed by atoms with Gasteiger partial charge in [-0.15, -0.1) is 0 Å². The van der Waals surface area contributed by atoms with Gasteiger partial charge in [-0.05, 0) is 43.2 Å². The van der Waals surface area contributed by atoms with E-state index in [0.29, 0.717) is 12.2 Å². The Morgan fingerprint density at radius 3 is 2.91 bits per heavy atom. The zero-order chi connectivity index (χ0) is 15.4. The summed E-state index contributed by atoms with van der Waals surface area (Å²) in [4.78, 5) is 16.0. The second kappa shape index (κ2) is 6.60. The van der Waals surface area contributed by atoms with Gasteiger partial charge >= 0.3 is 6.03 Å². The van der Waals surface area contributed by atoms with Crippen molar-refractivity contribution in [3.05, 3.63) is 29.8 Å². The smallest absolute Gasteiger partial charge is 0.315 e. The lowest BCUT2D eigenvalue weighted by Gasteiger charge is -2.39. The van der Waals surface area contributed by atoms with Gasteiger partial charge in [0.1, 0.15) is 5.82 Å². The van der Waals surface area contributed by atoms with E-state index in [0.717, 1.165) is 45.1 Å². The maximum atomic E-state index is 12.8. The molecule has 0 bridgehead atoms. The SMILES string of the molecule is O=C(NCc1ccc(F)cn1)NC1CCCC12CCOCC2. The Balaban J connectivity index is 1.51. The van der Waals surface area contributed by atoms with Crippen LogP contribution in [0.1, 0.15) is 37.8 Å². The van der Waals surface area contributed by atoms with Gasteiger partial charge in [-0.1, -0.05) is 6.42 Å². The zero-order valence-corrected chi connectivity index (χ0v) is 12.6. The number of nitrogens with zero attached hydrogens (tertiary/aromatic N) is 1. The fourth-order valence-corrected chi connectivity index (χ4v) is 3.63. The lowest BCUT2D eigenvalue weighted by atomic mass is 9.75. The van der Waals surface area contributed by atoms with Crippen LogP contribution in [0.25, 0.3) is 0 Å². The first-order chi connectivity index (χ1) is 10.7. The number of urea groups is 1. The lowest BCUT2D eigenvalue weighted by molar-refractivity contribution is 0.00623. The first kappa shape index (κ1) is 15.2. The van der Waals surface area contributed by atoms with Crippen LogP contribution < -0.4 is 10.6 Å². The minimum atomic E-state index is -0.374. The molecule has 1 aliphatic carbocycles. The fraction of sp³-hybridized carbons (Fsp3) is 0.625. The molecular formula is C16H22FN3O2. The number of ether oxygens (including phenoxy) is 1. The van der Waals surface area contributed by atoms with Crippen LogP contribution in [0.5, 0.6) is 0 Å². The number of pyridine rings is 1. The van der Waals surface area contributed by atoms with E-state index < -0.39 is 0 Å². The number of hydrogen-bond acceptors (Lipinski definition) is 3. The molecule has 1 aliphatic heterocycles. The van der Waals surface area contributed by atoms with Crippen molar-refractivity contribution in [2.75, 3.05) is 13.2 Å². The molecule has 3 rings (SSSR count). The second-order valence-corrected chi connectivity index (χ2v) is 6.21. The Morgan fingerprint density at radius 2 is 2.18 bits per heavy atom.